The molecular formula is C6H10N2O5S. The zero-order valence-corrected chi connectivity index (χ0v) is 8.08. The molecule has 0 atom stereocenters. The number of hydrazine groups is 1. The molecule has 0 saturated carbocycles. The third kappa shape index (κ3) is 3.30. The van der Waals surface area contributed by atoms with Crippen LogP contribution in [0.3, 0.4) is 0 Å². The van der Waals surface area contributed by atoms with Gasteiger partial charge in [-0.15, -0.1) is 0 Å². The Kier molecular flexibility index (Phi) is 3.06. The van der Waals surface area contributed by atoms with E-state index in [1.54, 1.807) is 0 Å². The highest BCUT2D eigenvalue weighted by Gasteiger charge is 2.26. The first-order valence-corrected chi connectivity index (χ1v) is 5.54. The summed E-state index contributed by atoms with van der Waals surface area (Å²) in [6.07, 6.45) is -0.114. The third-order valence-electron chi connectivity index (χ3n) is 1.66. The van der Waals surface area contributed by atoms with Crippen molar-refractivity contribution in [3.8, 4) is 0 Å². The van der Waals surface area contributed by atoms with Crippen LogP contribution in [0, 0.1) is 0 Å². The molecule has 0 unspecified atom stereocenters. The van der Waals surface area contributed by atoms with E-state index in [4.69, 9.17) is 4.55 Å². The summed E-state index contributed by atoms with van der Waals surface area (Å²) in [5.74, 6) is -1.21. The van der Waals surface area contributed by atoms with E-state index in [2.05, 4.69) is 5.43 Å². The van der Waals surface area contributed by atoms with Gasteiger partial charge in [-0.2, -0.15) is 8.42 Å². The van der Waals surface area contributed by atoms with Crippen LogP contribution >= 0.6 is 0 Å². The maximum Gasteiger partial charge on any atom is 0.264 e. The van der Waals surface area contributed by atoms with Crippen LogP contribution in [-0.4, -0.2) is 42.1 Å². The molecule has 2 N–H and O–H groups in total. The number of hydrogen-bond donors (Lipinski definition) is 2. The minimum absolute atomic E-state index is 0.0877. The molecule has 0 aromatic heterocycles. The van der Waals surface area contributed by atoms with E-state index in [1.165, 1.54) is 0 Å². The predicted octanol–water partition coefficient (Wildman–Crippen LogP) is -1.47. The summed E-state index contributed by atoms with van der Waals surface area (Å²) in [4.78, 5) is 21.7. The molecule has 0 aliphatic carbocycles. The Labute approximate surface area is 80.8 Å². The molecule has 1 fully saturated rings. The Bertz CT molecular complexity index is 349. The maximum atomic E-state index is 11.0. The quantitative estimate of drug-likeness (QED) is 0.446. The molecular weight excluding hydrogens is 212 g/mol. The number of carbonyl (C=O) groups is 2. The van der Waals surface area contributed by atoms with Gasteiger partial charge in [0.15, 0.2) is 0 Å². The Morgan fingerprint density at radius 1 is 1.43 bits per heavy atom. The molecule has 1 rings (SSSR count). The first kappa shape index (κ1) is 10.9. The minimum atomic E-state index is -4.00. The van der Waals surface area contributed by atoms with Crippen LogP contribution in [0.15, 0.2) is 0 Å². The van der Waals surface area contributed by atoms with Crippen molar-refractivity contribution >= 4 is 21.9 Å². The van der Waals surface area contributed by atoms with Crippen LogP contribution < -0.4 is 5.43 Å². The van der Waals surface area contributed by atoms with Crippen molar-refractivity contribution in [2.45, 2.75) is 12.8 Å². The van der Waals surface area contributed by atoms with E-state index < -0.39 is 21.8 Å². The van der Waals surface area contributed by atoms with Gasteiger partial charge in [0.05, 0.1) is 5.75 Å². The normalized spacial score (nSPS) is 17.4. The van der Waals surface area contributed by atoms with Crippen LogP contribution in [0.2, 0.25) is 0 Å². The van der Waals surface area contributed by atoms with E-state index in [-0.39, 0.29) is 25.3 Å². The summed E-state index contributed by atoms with van der Waals surface area (Å²) >= 11 is 0. The summed E-state index contributed by atoms with van der Waals surface area (Å²) in [6, 6.07) is 0. The first-order valence-electron chi connectivity index (χ1n) is 3.93. The lowest BCUT2D eigenvalue weighted by Gasteiger charge is -2.13. The van der Waals surface area contributed by atoms with Gasteiger partial charge >= 0.3 is 0 Å². The summed E-state index contributed by atoms with van der Waals surface area (Å²) in [5, 5.41) is 1.05. The predicted molar refractivity (Wildman–Crippen MR) is 45.5 cm³/mol. The highest BCUT2D eigenvalue weighted by molar-refractivity contribution is 7.85. The fourth-order valence-electron chi connectivity index (χ4n) is 1.07. The summed E-state index contributed by atoms with van der Waals surface area (Å²) in [7, 11) is -4.00. The summed E-state index contributed by atoms with van der Waals surface area (Å²) < 4.78 is 29.0. The largest absolute Gasteiger partial charge is 0.286 e. The molecule has 1 aliphatic heterocycles. The van der Waals surface area contributed by atoms with Crippen LogP contribution in [0.5, 0.6) is 0 Å². The number of rotatable bonds is 4. The maximum absolute atomic E-state index is 11.0. The average Bonchev–Trinajstić information content (AvgIpc) is 2.27. The smallest absolute Gasteiger partial charge is 0.264 e. The molecule has 0 bridgehead atoms. The SMILES string of the molecule is O=C1CC(=O)N(CCCS(=O)(=O)O)N1. The lowest BCUT2D eigenvalue weighted by Crippen LogP contribution is -2.37. The fourth-order valence-corrected chi connectivity index (χ4v) is 1.56. The lowest BCUT2D eigenvalue weighted by atomic mass is 10.4. The number of amides is 2. The molecule has 14 heavy (non-hydrogen) atoms. The van der Waals surface area contributed by atoms with Crippen LogP contribution in [0.1, 0.15) is 12.8 Å². The molecule has 7 nitrogen and oxygen atoms in total. The molecule has 0 aromatic carbocycles. The molecule has 1 heterocycles. The molecule has 80 valence electrons. The van der Waals surface area contributed by atoms with E-state index in [0.717, 1.165) is 5.01 Å². The van der Waals surface area contributed by atoms with Gasteiger partial charge in [0, 0.05) is 6.54 Å². The van der Waals surface area contributed by atoms with Crippen molar-refractivity contribution in [1.29, 1.82) is 0 Å². The zero-order valence-electron chi connectivity index (χ0n) is 7.26. The highest BCUT2D eigenvalue weighted by atomic mass is 32.2. The van der Waals surface area contributed by atoms with Gasteiger partial charge < -0.3 is 0 Å². The second kappa shape index (κ2) is 3.93. The number of carbonyl (C=O) groups excluding carboxylic acids is 2. The van der Waals surface area contributed by atoms with E-state index in [1.807, 2.05) is 0 Å². The second-order valence-corrected chi connectivity index (χ2v) is 4.47. The Balaban J connectivity index is 2.33. The van der Waals surface area contributed by atoms with Gasteiger partial charge in [0.25, 0.3) is 10.1 Å². The molecule has 0 spiro atoms. The number of nitrogens with zero attached hydrogens (tertiary/aromatic N) is 1. The average molecular weight is 222 g/mol. The van der Waals surface area contributed by atoms with Gasteiger partial charge in [0.1, 0.15) is 6.42 Å². The first-order chi connectivity index (χ1) is 6.38. The van der Waals surface area contributed by atoms with E-state index in [9.17, 15) is 18.0 Å². The number of hydrogen-bond acceptors (Lipinski definition) is 4. The van der Waals surface area contributed by atoms with E-state index >= 15 is 0 Å². The standard InChI is InChI=1S/C6H10N2O5S/c9-5-4-6(10)8(7-5)2-1-3-14(11,12)13/h1-4H2,(H,7,9)(H,11,12,13). The lowest BCUT2D eigenvalue weighted by molar-refractivity contribution is -0.129. The molecule has 0 radical (unpaired) electrons. The van der Waals surface area contributed by atoms with Crippen molar-refractivity contribution in [1.82, 2.24) is 10.4 Å². The van der Waals surface area contributed by atoms with Crippen molar-refractivity contribution in [3.63, 3.8) is 0 Å². The minimum Gasteiger partial charge on any atom is -0.286 e. The van der Waals surface area contributed by atoms with E-state index in [0.29, 0.717) is 0 Å². The third-order valence-corrected chi connectivity index (χ3v) is 2.46. The highest BCUT2D eigenvalue weighted by Crippen LogP contribution is 2.02. The van der Waals surface area contributed by atoms with Gasteiger partial charge in [0.2, 0.25) is 11.8 Å². The van der Waals surface area contributed by atoms with Crippen LogP contribution in [0.4, 0.5) is 0 Å². The Hall–Kier alpha value is -1.15. The zero-order chi connectivity index (χ0) is 10.8. The van der Waals surface area contributed by atoms with Crippen molar-refractivity contribution in [2.75, 3.05) is 12.3 Å². The molecule has 1 aliphatic rings. The van der Waals surface area contributed by atoms with Gasteiger partial charge in [-0.05, 0) is 6.42 Å². The summed E-state index contributed by atoms with van der Waals surface area (Å²) in [5.41, 5.74) is 2.26. The second-order valence-electron chi connectivity index (χ2n) is 2.90. The number of nitrogens with one attached hydrogen (secondary N) is 1. The van der Waals surface area contributed by atoms with Gasteiger partial charge in [-0.1, -0.05) is 0 Å². The molecule has 1 saturated heterocycles. The fraction of sp³-hybridized carbons (Fsp3) is 0.667. The van der Waals surface area contributed by atoms with Gasteiger partial charge in [-0.3, -0.25) is 24.6 Å². The van der Waals surface area contributed by atoms with Crippen LogP contribution in [-0.2, 0) is 19.7 Å². The molecule has 8 heteroatoms. The Morgan fingerprint density at radius 2 is 2.07 bits per heavy atom. The van der Waals surface area contributed by atoms with Crippen molar-refractivity contribution < 1.29 is 22.6 Å². The summed E-state index contributed by atoms with van der Waals surface area (Å²) in [6.45, 7) is 0.0877. The topological polar surface area (TPSA) is 104 Å². The monoisotopic (exact) mass is 222 g/mol. The van der Waals surface area contributed by atoms with Crippen LogP contribution in [0.25, 0.3) is 0 Å². The molecule has 2 amide bonds. The van der Waals surface area contributed by atoms with Gasteiger partial charge in [-0.25, -0.2) is 0 Å². The molecule has 0 aromatic rings. The van der Waals surface area contributed by atoms with Crippen molar-refractivity contribution in [2.24, 2.45) is 0 Å². The van der Waals surface area contributed by atoms with Crippen molar-refractivity contribution in [3.05, 3.63) is 0 Å². The Morgan fingerprint density at radius 3 is 2.50 bits per heavy atom.